The van der Waals surface area contributed by atoms with Gasteiger partial charge in [-0.25, -0.2) is 9.68 Å². The van der Waals surface area contributed by atoms with Gasteiger partial charge in [-0.15, -0.1) is 0 Å². The topological polar surface area (TPSA) is 54.0 Å². The highest BCUT2D eigenvalue weighted by Crippen LogP contribution is 2.17. The third-order valence-electron chi connectivity index (χ3n) is 1.25. The van der Waals surface area contributed by atoms with Gasteiger partial charge in [0.05, 0.1) is 12.2 Å². The highest BCUT2D eigenvalue weighted by molar-refractivity contribution is 5.60. The van der Waals surface area contributed by atoms with Crippen LogP contribution in [-0.4, -0.2) is 24.2 Å². The molecule has 0 aliphatic rings. The highest BCUT2D eigenvalue weighted by atomic mass is 17.2. The van der Waals surface area contributed by atoms with E-state index < -0.39 is 17.5 Å². The van der Waals surface area contributed by atoms with E-state index in [4.69, 9.17) is 19.2 Å². The molecule has 96 valence electrons. The van der Waals surface area contributed by atoms with Crippen LogP contribution in [0.1, 0.15) is 48.0 Å². The van der Waals surface area contributed by atoms with Crippen molar-refractivity contribution < 1.29 is 24.0 Å². The minimum atomic E-state index is -1.17. The summed E-state index contributed by atoms with van der Waals surface area (Å²) in [6.45, 7) is 10.9. The Kier molecular flexibility index (Phi) is 5.75. The first kappa shape index (κ1) is 15.2. The molecule has 0 aliphatic heterocycles. The van der Waals surface area contributed by atoms with Crippen LogP contribution in [0.5, 0.6) is 0 Å². The average molecular weight is 234 g/mol. The molecule has 5 nitrogen and oxygen atoms in total. The smallest absolute Gasteiger partial charge is 0.434 e. The van der Waals surface area contributed by atoms with E-state index in [9.17, 15) is 4.79 Å². The number of hydrogen-bond acceptors (Lipinski definition) is 5. The molecule has 0 spiro atoms. The molecule has 0 saturated carbocycles. The molecule has 0 aromatic heterocycles. The van der Waals surface area contributed by atoms with Crippen molar-refractivity contribution in [3.63, 3.8) is 0 Å². The standard InChI is InChI=1S/C11H22O5/c1-7-8-13-9(12)14-11(5,6)16-15-10(2,3)4/h7-8H2,1-6H3. The third-order valence-corrected chi connectivity index (χ3v) is 1.25. The van der Waals surface area contributed by atoms with Crippen LogP contribution in [-0.2, 0) is 19.2 Å². The quantitative estimate of drug-likeness (QED) is 0.317. The predicted molar refractivity (Wildman–Crippen MR) is 58.7 cm³/mol. The molecule has 0 aromatic rings. The maximum atomic E-state index is 11.2. The molecule has 16 heavy (non-hydrogen) atoms. The molecule has 0 atom stereocenters. The highest BCUT2D eigenvalue weighted by Gasteiger charge is 2.28. The lowest BCUT2D eigenvalue weighted by molar-refractivity contribution is -0.440. The van der Waals surface area contributed by atoms with Crippen molar-refractivity contribution in [3.8, 4) is 0 Å². The Labute approximate surface area is 96.9 Å². The van der Waals surface area contributed by atoms with Crippen molar-refractivity contribution in [2.45, 2.75) is 59.4 Å². The number of carbonyl (C=O) groups is 1. The molecule has 0 saturated heterocycles. The van der Waals surface area contributed by atoms with E-state index in [1.165, 1.54) is 0 Å². The Hall–Kier alpha value is -0.810. The monoisotopic (exact) mass is 234 g/mol. The maximum absolute atomic E-state index is 11.2. The van der Waals surface area contributed by atoms with Gasteiger partial charge in [0.15, 0.2) is 0 Å². The van der Waals surface area contributed by atoms with E-state index in [2.05, 4.69) is 0 Å². The van der Waals surface area contributed by atoms with E-state index in [1.807, 2.05) is 27.7 Å². The molecule has 0 amide bonds. The van der Waals surface area contributed by atoms with Crippen molar-refractivity contribution >= 4 is 6.16 Å². The summed E-state index contributed by atoms with van der Waals surface area (Å²) in [5.41, 5.74) is -0.464. The van der Waals surface area contributed by atoms with Crippen molar-refractivity contribution in [3.05, 3.63) is 0 Å². The Morgan fingerprint density at radius 2 is 1.62 bits per heavy atom. The molecule has 0 aromatic carbocycles. The summed E-state index contributed by atoms with van der Waals surface area (Å²) in [5.74, 6) is -1.17. The van der Waals surface area contributed by atoms with Crippen molar-refractivity contribution in [2.24, 2.45) is 0 Å². The van der Waals surface area contributed by atoms with Gasteiger partial charge in [-0.05, 0) is 27.2 Å². The van der Waals surface area contributed by atoms with Crippen LogP contribution in [0.2, 0.25) is 0 Å². The molecule has 0 unspecified atom stereocenters. The lowest BCUT2D eigenvalue weighted by Gasteiger charge is -2.27. The zero-order chi connectivity index (χ0) is 12.8. The van der Waals surface area contributed by atoms with Crippen LogP contribution in [0.4, 0.5) is 4.79 Å². The fourth-order valence-corrected chi connectivity index (χ4v) is 0.658. The van der Waals surface area contributed by atoms with E-state index in [1.54, 1.807) is 13.8 Å². The van der Waals surface area contributed by atoms with Gasteiger partial charge >= 0.3 is 6.16 Å². The Morgan fingerprint density at radius 1 is 1.06 bits per heavy atom. The summed E-state index contributed by atoms with van der Waals surface area (Å²) in [6.07, 6.45) is -0.0149. The summed E-state index contributed by atoms with van der Waals surface area (Å²) in [4.78, 5) is 21.3. The van der Waals surface area contributed by atoms with Gasteiger partial charge in [0, 0.05) is 13.8 Å². The fraction of sp³-hybridized carbons (Fsp3) is 0.909. The minimum absolute atomic E-state index is 0.328. The molecule has 0 rings (SSSR count). The molecule has 0 bridgehead atoms. The normalized spacial score (nSPS) is 12.4. The first-order valence-electron chi connectivity index (χ1n) is 5.39. The maximum Gasteiger partial charge on any atom is 0.510 e. The minimum Gasteiger partial charge on any atom is -0.434 e. The van der Waals surface area contributed by atoms with Crippen LogP contribution in [0.15, 0.2) is 0 Å². The van der Waals surface area contributed by atoms with Crippen molar-refractivity contribution in [1.29, 1.82) is 0 Å². The lowest BCUT2D eigenvalue weighted by atomic mass is 10.2. The zero-order valence-electron chi connectivity index (χ0n) is 11.0. The second-order valence-electron chi connectivity index (χ2n) is 4.88. The molecule has 0 N–H and O–H groups in total. The number of hydrogen-bond donors (Lipinski definition) is 0. The molecule has 0 fully saturated rings. The number of ether oxygens (including phenoxy) is 2. The van der Waals surface area contributed by atoms with Gasteiger partial charge in [-0.2, -0.15) is 4.89 Å². The largest absolute Gasteiger partial charge is 0.510 e. The first-order valence-corrected chi connectivity index (χ1v) is 5.39. The summed E-state index contributed by atoms with van der Waals surface area (Å²) < 4.78 is 9.69. The lowest BCUT2D eigenvalue weighted by Crippen LogP contribution is -2.35. The van der Waals surface area contributed by atoms with Crippen LogP contribution >= 0.6 is 0 Å². The zero-order valence-corrected chi connectivity index (χ0v) is 11.0. The summed E-state index contributed by atoms with van der Waals surface area (Å²) in [7, 11) is 0. The van der Waals surface area contributed by atoms with Crippen LogP contribution in [0.25, 0.3) is 0 Å². The van der Waals surface area contributed by atoms with Gasteiger partial charge in [0.25, 0.3) is 0 Å². The molecule has 0 heterocycles. The molecule has 0 aliphatic carbocycles. The summed E-state index contributed by atoms with van der Waals surface area (Å²) >= 11 is 0. The van der Waals surface area contributed by atoms with E-state index >= 15 is 0 Å². The third kappa shape index (κ3) is 8.49. The van der Waals surface area contributed by atoms with Gasteiger partial charge in [-0.1, -0.05) is 6.92 Å². The van der Waals surface area contributed by atoms with E-state index in [0.29, 0.717) is 6.61 Å². The van der Waals surface area contributed by atoms with Gasteiger partial charge in [0.2, 0.25) is 5.79 Å². The fourth-order valence-electron chi connectivity index (χ4n) is 0.658. The van der Waals surface area contributed by atoms with E-state index in [0.717, 1.165) is 6.42 Å². The molecule has 5 heteroatoms. The second kappa shape index (κ2) is 6.06. The first-order chi connectivity index (χ1) is 7.16. The number of rotatable bonds is 5. The van der Waals surface area contributed by atoms with Crippen LogP contribution in [0.3, 0.4) is 0 Å². The Bertz CT molecular complexity index is 217. The van der Waals surface area contributed by atoms with Gasteiger partial charge in [0.1, 0.15) is 0 Å². The van der Waals surface area contributed by atoms with Gasteiger partial charge < -0.3 is 9.47 Å². The van der Waals surface area contributed by atoms with Crippen molar-refractivity contribution in [2.75, 3.05) is 6.61 Å². The van der Waals surface area contributed by atoms with Crippen LogP contribution < -0.4 is 0 Å². The molecular formula is C11H22O5. The SMILES string of the molecule is CCCOC(=O)OC(C)(C)OOC(C)(C)C. The second-order valence-corrected chi connectivity index (χ2v) is 4.88. The summed E-state index contributed by atoms with van der Waals surface area (Å²) in [6, 6.07) is 0. The van der Waals surface area contributed by atoms with Crippen molar-refractivity contribution in [1.82, 2.24) is 0 Å². The van der Waals surface area contributed by atoms with Gasteiger partial charge in [-0.3, -0.25) is 0 Å². The predicted octanol–water partition coefficient (Wildman–Crippen LogP) is 3.03. The number of carbonyl (C=O) groups excluding carboxylic acids is 1. The molecular weight excluding hydrogens is 212 g/mol. The summed E-state index contributed by atoms with van der Waals surface area (Å²) in [5, 5.41) is 0. The van der Waals surface area contributed by atoms with E-state index in [-0.39, 0.29) is 0 Å². The average Bonchev–Trinajstić information content (AvgIpc) is 2.10. The molecule has 0 radical (unpaired) electrons. The van der Waals surface area contributed by atoms with Crippen LogP contribution in [0, 0.1) is 0 Å². The Morgan fingerprint density at radius 3 is 2.06 bits per heavy atom. The Balaban J connectivity index is 3.99.